The second-order valence-corrected chi connectivity index (χ2v) is 4.05. The highest BCUT2D eigenvalue weighted by Gasteiger charge is 2.10. The fraction of sp³-hybridized carbons (Fsp3) is 0.583. The molecule has 4 heteroatoms. The molecule has 0 bridgehead atoms. The summed E-state index contributed by atoms with van der Waals surface area (Å²) in [6, 6.07) is 3.98. The second-order valence-electron chi connectivity index (χ2n) is 4.05. The lowest BCUT2D eigenvalue weighted by atomic mass is 10.2. The van der Waals surface area contributed by atoms with E-state index < -0.39 is 0 Å². The van der Waals surface area contributed by atoms with Gasteiger partial charge >= 0.3 is 0 Å². The first kappa shape index (κ1) is 11.4. The molecule has 1 aliphatic rings. The van der Waals surface area contributed by atoms with Gasteiger partial charge in [-0.25, -0.2) is 9.99 Å². The number of rotatable bonds is 4. The molecule has 2 heterocycles. The van der Waals surface area contributed by atoms with E-state index in [1.54, 1.807) is 13.3 Å². The Morgan fingerprint density at radius 2 is 2.19 bits per heavy atom. The van der Waals surface area contributed by atoms with Gasteiger partial charge in [-0.2, -0.15) is 0 Å². The molecular weight excluding hydrogens is 202 g/mol. The predicted octanol–water partition coefficient (Wildman–Crippen LogP) is 1.58. The van der Waals surface area contributed by atoms with E-state index in [9.17, 15) is 0 Å². The van der Waals surface area contributed by atoms with Crippen molar-refractivity contribution in [1.29, 1.82) is 0 Å². The number of nitrogens with one attached hydrogen (secondary N) is 1. The van der Waals surface area contributed by atoms with Crippen LogP contribution in [0.4, 0.5) is 0 Å². The van der Waals surface area contributed by atoms with Crippen LogP contribution in [0.25, 0.3) is 0 Å². The molecule has 1 N–H and O–H groups in total. The van der Waals surface area contributed by atoms with Crippen molar-refractivity contribution in [2.24, 2.45) is 0 Å². The number of nitrogens with zero attached hydrogens (tertiary/aromatic N) is 2. The monoisotopic (exact) mass is 221 g/mol. The summed E-state index contributed by atoms with van der Waals surface area (Å²) in [6.45, 7) is 3.07. The lowest BCUT2D eigenvalue weighted by Crippen LogP contribution is -2.41. The van der Waals surface area contributed by atoms with E-state index in [1.165, 1.54) is 19.3 Å². The minimum absolute atomic E-state index is 0.715. The van der Waals surface area contributed by atoms with Crippen LogP contribution in [0, 0.1) is 0 Å². The molecule has 4 nitrogen and oxygen atoms in total. The Balaban J connectivity index is 1.88. The summed E-state index contributed by atoms with van der Waals surface area (Å²) in [5, 5.41) is 2.29. The van der Waals surface area contributed by atoms with Crippen molar-refractivity contribution in [3.8, 4) is 5.88 Å². The van der Waals surface area contributed by atoms with Crippen molar-refractivity contribution in [3.63, 3.8) is 0 Å². The van der Waals surface area contributed by atoms with Crippen LogP contribution < -0.4 is 10.2 Å². The van der Waals surface area contributed by atoms with E-state index in [4.69, 9.17) is 4.74 Å². The van der Waals surface area contributed by atoms with Gasteiger partial charge in [-0.15, -0.1) is 0 Å². The van der Waals surface area contributed by atoms with Crippen LogP contribution in [0.2, 0.25) is 0 Å². The van der Waals surface area contributed by atoms with Gasteiger partial charge in [-0.05, 0) is 18.9 Å². The first-order valence-electron chi connectivity index (χ1n) is 5.86. The molecule has 0 saturated carbocycles. The zero-order valence-corrected chi connectivity index (χ0v) is 9.78. The van der Waals surface area contributed by atoms with Crippen molar-refractivity contribution < 1.29 is 4.74 Å². The number of pyridine rings is 1. The van der Waals surface area contributed by atoms with Gasteiger partial charge in [0.05, 0.1) is 7.11 Å². The van der Waals surface area contributed by atoms with Crippen LogP contribution in [0.5, 0.6) is 5.88 Å². The molecule has 1 fully saturated rings. The number of methoxy groups -OCH3 is 1. The summed E-state index contributed by atoms with van der Waals surface area (Å²) in [4.78, 5) is 4.18. The molecule has 0 amide bonds. The number of ether oxygens (including phenoxy) is 1. The Hall–Kier alpha value is -1.13. The van der Waals surface area contributed by atoms with Crippen LogP contribution in [0.1, 0.15) is 24.8 Å². The van der Waals surface area contributed by atoms with E-state index in [2.05, 4.69) is 15.4 Å². The Kier molecular flexibility index (Phi) is 4.13. The molecule has 0 atom stereocenters. The largest absolute Gasteiger partial charge is 0.481 e. The van der Waals surface area contributed by atoms with E-state index in [1.807, 2.05) is 12.1 Å². The third kappa shape index (κ3) is 2.93. The number of hydrogen-bond donors (Lipinski definition) is 1. The molecule has 0 radical (unpaired) electrons. The zero-order chi connectivity index (χ0) is 11.2. The SMILES string of the molecule is COc1ncccc1CNN1CCCCC1. The highest BCUT2D eigenvalue weighted by Crippen LogP contribution is 2.14. The average Bonchev–Trinajstić information content (AvgIpc) is 2.38. The molecule has 0 spiro atoms. The summed E-state index contributed by atoms with van der Waals surface area (Å²) in [5.41, 5.74) is 4.53. The molecule has 88 valence electrons. The van der Waals surface area contributed by atoms with Crippen LogP contribution >= 0.6 is 0 Å². The Morgan fingerprint density at radius 3 is 2.94 bits per heavy atom. The fourth-order valence-electron chi connectivity index (χ4n) is 1.99. The molecule has 1 aliphatic heterocycles. The number of hydrazine groups is 1. The lowest BCUT2D eigenvalue weighted by Gasteiger charge is -2.27. The predicted molar refractivity (Wildman–Crippen MR) is 63.1 cm³/mol. The fourth-order valence-corrected chi connectivity index (χ4v) is 1.99. The standard InChI is InChI=1S/C12H19N3O/c1-16-12-11(6-5-7-13-12)10-14-15-8-3-2-4-9-15/h5-7,14H,2-4,8-10H2,1H3. The first-order valence-corrected chi connectivity index (χ1v) is 5.86. The topological polar surface area (TPSA) is 37.4 Å². The molecule has 1 aromatic heterocycles. The maximum Gasteiger partial charge on any atom is 0.217 e. The van der Waals surface area contributed by atoms with Gasteiger partial charge in [0.1, 0.15) is 0 Å². The lowest BCUT2D eigenvalue weighted by molar-refractivity contribution is 0.150. The number of hydrogen-bond acceptors (Lipinski definition) is 4. The minimum atomic E-state index is 0.715. The quantitative estimate of drug-likeness (QED) is 0.837. The van der Waals surface area contributed by atoms with Gasteiger partial charge in [-0.3, -0.25) is 5.43 Å². The van der Waals surface area contributed by atoms with Crippen molar-refractivity contribution in [1.82, 2.24) is 15.4 Å². The summed E-state index contributed by atoms with van der Waals surface area (Å²) in [6.07, 6.45) is 5.69. The normalized spacial score (nSPS) is 17.3. The number of piperidine rings is 1. The zero-order valence-electron chi connectivity index (χ0n) is 9.78. The summed E-state index contributed by atoms with van der Waals surface area (Å²) in [5.74, 6) is 0.715. The summed E-state index contributed by atoms with van der Waals surface area (Å²) in [7, 11) is 1.66. The van der Waals surface area contributed by atoms with Crippen LogP contribution in [-0.2, 0) is 6.54 Å². The molecule has 0 aromatic carbocycles. The minimum Gasteiger partial charge on any atom is -0.481 e. The van der Waals surface area contributed by atoms with Gasteiger partial charge in [0.15, 0.2) is 0 Å². The Morgan fingerprint density at radius 1 is 1.38 bits per heavy atom. The van der Waals surface area contributed by atoms with Gasteiger partial charge in [0.25, 0.3) is 0 Å². The first-order chi connectivity index (χ1) is 7.90. The van der Waals surface area contributed by atoms with Crippen molar-refractivity contribution in [2.45, 2.75) is 25.8 Å². The van der Waals surface area contributed by atoms with Crippen molar-refractivity contribution in [2.75, 3.05) is 20.2 Å². The van der Waals surface area contributed by atoms with Gasteiger partial charge < -0.3 is 4.74 Å². The van der Waals surface area contributed by atoms with Crippen LogP contribution in [0.15, 0.2) is 18.3 Å². The molecule has 16 heavy (non-hydrogen) atoms. The van der Waals surface area contributed by atoms with Crippen LogP contribution in [-0.4, -0.2) is 30.2 Å². The molecule has 0 aliphatic carbocycles. The maximum atomic E-state index is 5.22. The third-order valence-corrected chi connectivity index (χ3v) is 2.89. The Labute approximate surface area is 96.6 Å². The molecule has 0 unspecified atom stereocenters. The average molecular weight is 221 g/mol. The van der Waals surface area contributed by atoms with E-state index in [0.717, 1.165) is 25.2 Å². The summed E-state index contributed by atoms with van der Waals surface area (Å²) < 4.78 is 5.22. The third-order valence-electron chi connectivity index (χ3n) is 2.89. The van der Waals surface area contributed by atoms with E-state index >= 15 is 0 Å². The van der Waals surface area contributed by atoms with Gasteiger partial charge in [0.2, 0.25) is 5.88 Å². The smallest absolute Gasteiger partial charge is 0.217 e. The van der Waals surface area contributed by atoms with Gasteiger partial charge in [0, 0.05) is 31.4 Å². The van der Waals surface area contributed by atoms with Crippen molar-refractivity contribution in [3.05, 3.63) is 23.9 Å². The van der Waals surface area contributed by atoms with Gasteiger partial charge in [-0.1, -0.05) is 12.5 Å². The van der Waals surface area contributed by atoms with Crippen molar-refractivity contribution >= 4 is 0 Å². The Bertz CT molecular complexity index is 324. The van der Waals surface area contributed by atoms with E-state index in [-0.39, 0.29) is 0 Å². The van der Waals surface area contributed by atoms with E-state index in [0.29, 0.717) is 5.88 Å². The van der Waals surface area contributed by atoms with Crippen LogP contribution in [0.3, 0.4) is 0 Å². The molecule has 2 rings (SSSR count). The molecule has 1 saturated heterocycles. The number of aromatic nitrogens is 1. The maximum absolute atomic E-state index is 5.22. The molecular formula is C12H19N3O. The molecule has 1 aromatic rings. The second kappa shape index (κ2) is 5.82. The summed E-state index contributed by atoms with van der Waals surface area (Å²) >= 11 is 0. The highest BCUT2D eigenvalue weighted by atomic mass is 16.5. The highest BCUT2D eigenvalue weighted by molar-refractivity contribution is 5.24.